The van der Waals surface area contributed by atoms with Crippen molar-refractivity contribution < 1.29 is 0 Å². The molecule has 0 spiro atoms. The summed E-state index contributed by atoms with van der Waals surface area (Å²) in [5.41, 5.74) is 9.16. The number of benzene rings is 2. The molecule has 0 unspecified atom stereocenters. The Morgan fingerprint density at radius 2 is 1.74 bits per heavy atom. The van der Waals surface area contributed by atoms with Crippen LogP contribution in [-0.4, -0.2) is 10.8 Å². The lowest BCUT2D eigenvalue weighted by molar-refractivity contribution is 0.820. The van der Waals surface area contributed by atoms with Crippen LogP contribution in [0.4, 0.5) is 0 Å². The van der Waals surface area contributed by atoms with Gasteiger partial charge in [0, 0.05) is 29.2 Å². The van der Waals surface area contributed by atoms with Crippen LogP contribution in [0.1, 0.15) is 33.4 Å². The van der Waals surface area contributed by atoms with E-state index in [0.717, 1.165) is 12.1 Å². The van der Waals surface area contributed by atoms with Gasteiger partial charge in [-0.3, -0.25) is 0 Å². The van der Waals surface area contributed by atoms with E-state index >= 15 is 0 Å². The number of nitrogens with zero attached hydrogens (tertiary/aromatic N) is 2. The number of fused-ring (bicyclic) bond motifs is 1. The molecule has 3 heteroatoms. The summed E-state index contributed by atoms with van der Waals surface area (Å²) >= 11 is 0. The molecular weight excluding hydrogens is 282 g/mol. The summed E-state index contributed by atoms with van der Waals surface area (Å²) in [7, 11) is 0. The monoisotopic (exact) mass is 305 g/mol. The lowest BCUT2D eigenvalue weighted by atomic mass is 9.94. The Kier molecular flexibility index (Phi) is 3.95. The number of rotatable bonds is 3. The number of hydrogen-bond donors (Lipinski definition) is 1. The van der Waals surface area contributed by atoms with Crippen molar-refractivity contribution in [1.29, 1.82) is 0 Å². The molecule has 1 aromatic heterocycles. The van der Waals surface area contributed by atoms with Crippen molar-refractivity contribution in [3.8, 4) is 0 Å². The molecule has 2 N–H and O–H groups in total. The van der Waals surface area contributed by atoms with Crippen LogP contribution in [0.2, 0.25) is 0 Å². The van der Waals surface area contributed by atoms with Gasteiger partial charge in [-0.05, 0) is 67.6 Å². The maximum Gasteiger partial charge on any atom is 0.0544 e. The molecule has 0 saturated carbocycles. The van der Waals surface area contributed by atoms with Crippen molar-refractivity contribution in [3.63, 3.8) is 0 Å². The molecule has 0 saturated heterocycles. The summed E-state index contributed by atoms with van der Waals surface area (Å²) in [6, 6.07) is 10.7. The van der Waals surface area contributed by atoms with Crippen molar-refractivity contribution in [3.05, 3.63) is 69.9 Å². The minimum atomic E-state index is 0.882. The molecule has 3 rings (SSSR count). The molecule has 1 heterocycles. The number of nitrogens with two attached hydrogens (primary N) is 1. The lowest BCUT2D eigenvalue weighted by Gasteiger charge is -2.16. The second-order valence-corrected chi connectivity index (χ2v) is 6.24. The maximum atomic E-state index is 5.32. The van der Waals surface area contributed by atoms with Crippen LogP contribution in [0.5, 0.6) is 0 Å². The van der Waals surface area contributed by atoms with Crippen molar-refractivity contribution >= 4 is 17.1 Å². The van der Waals surface area contributed by atoms with Gasteiger partial charge in [0.25, 0.3) is 0 Å². The minimum Gasteiger partial charge on any atom is -0.343 e. The molecule has 2 aromatic carbocycles. The fraction of sp³-hybridized carbons (Fsp3) is 0.250. The fourth-order valence-electron chi connectivity index (χ4n) is 3.28. The predicted molar refractivity (Wildman–Crippen MR) is 98.2 cm³/mol. The smallest absolute Gasteiger partial charge is 0.0544 e. The summed E-state index contributed by atoms with van der Waals surface area (Å²) in [6.07, 6.45) is 3.86. The zero-order valence-electron chi connectivity index (χ0n) is 14.2. The molecule has 23 heavy (non-hydrogen) atoms. The van der Waals surface area contributed by atoms with Gasteiger partial charge < -0.3 is 10.4 Å². The van der Waals surface area contributed by atoms with Crippen LogP contribution in [0, 0.1) is 27.7 Å². The molecular formula is C20H23N3. The molecule has 3 nitrogen and oxygen atoms in total. The quantitative estimate of drug-likeness (QED) is 0.439. The Morgan fingerprint density at radius 1 is 1.04 bits per heavy atom. The van der Waals surface area contributed by atoms with E-state index in [2.05, 4.69) is 67.8 Å². The van der Waals surface area contributed by atoms with E-state index < -0.39 is 0 Å². The first kappa shape index (κ1) is 15.3. The van der Waals surface area contributed by atoms with Gasteiger partial charge >= 0.3 is 0 Å². The van der Waals surface area contributed by atoms with E-state index in [9.17, 15) is 0 Å². The van der Waals surface area contributed by atoms with Crippen LogP contribution in [0.3, 0.4) is 0 Å². The van der Waals surface area contributed by atoms with Gasteiger partial charge in [0.05, 0.1) is 6.21 Å². The van der Waals surface area contributed by atoms with Crippen LogP contribution >= 0.6 is 0 Å². The molecule has 0 aliphatic heterocycles. The van der Waals surface area contributed by atoms with Crippen LogP contribution < -0.4 is 5.84 Å². The molecule has 3 aromatic rings. The highest BCUT2D eigenvalue weighted by Gasteiger charge is 2.11. The first-order valence-electron chi connectivity index (χ1n) is 7.90. The third-order valence-corrected chi connectivity index (χ3v) is 4.91. The van der Waals surface area contributed by atoms with Gasteiger partial charge in [-0.1, -0.05) is 18.2 Å². The van der Waals surface area contributed by atoms with E-state index in [-0.39, 0.29) is 0 Å². The SMILES string of the molecule is Cc1cc(C)c(C)c(Cn2ccc3c(C=NN)cccc32)c1C. The molecule has 0 bridgehead atoms. The maximum absolute atomic E-state index is 5.32. The first-order chi connectivity index (χ1) is 11.0. The highest BCUT2D eigenvalue weighted by atomic mass is 15.1. The van der Waals surface area contributed by atoms with Gasteiger partial charge in [-0.15, -0.1) is 0 Å². The van der Waals surface area contributed by atoms with Gasteiger partial charge in [-0.2, -0.15) is 5.10 Å². The number of aromatic nitrogens is 1. The summed E-state index contributed by atoms with van der Waals surface area (Å²) in [4.78, 5) is 0. The van der Waals surface area contributed by atoms with E-state index in [4.69, 9.17) is 5.84 Å². The van der Waals surface area contributed by atoms with Crippen LogP contribution in [0.15, 0.2) is 41.6 Å². The van der Waals surface area contributed by atoms with E-state index in [1.165, 1.54) is 38.7 Å². The minimum absolute atomic E-state index is 0.882. The van der Waals surface area contributed by atoms with Gasteiger partial charge in [0.1, 0.15) is 0 Å². The standard InChI is InChI=1S/C20H23N3/c1-13-10-14(2)16(4)19(15(13)3)12-23-9-8-18-17(11-22-21)6-5-7-20(18)23/h5-11H,12,21H2,1-4H3. The van der Waals surface area contributed by atoms with Gasteiger partial charge in [0.15, 0.2) is 0 Å². The number of hydrazone groups is 1. The highest BCUT2D eigenvalue weighted by Crippen LogP contribution is 2.25. The zero-order valence-corrected chi connectivity index (χ0v) is 14.2. The zero-order chi connectivity index (χ0) is 16.6. The molecule has 0 radical (unpaired) electrons. The summed E-state index contributed by atoms with van der Waals surface area (Å²) in [6.45, 7) is 9.70. The first-order valence-corrected chi connectivity index (χ1v) is 7.90. The topological polar surface area (TPSA) is 43.3 Å². The lowest BCUT2D eigenvalue weighted by Crippen LogP contribution is -2.05. The third kappa shape index (κ3) is 2.63. The Labute approximate surface area is 137 Å². The molecule has 0 aliphatic rings. The van der Waals surface area contributed by atoms with Crippen molar-refractivity contribution in [2.45, 2.75) is 34.2 Å². The van der Waals surface area contributed by atoms with Crippen molar-refractivity contribution in [1.82, 2.24) is 4.57 Å². The number of hydrogen-bond acceptors (Lipinski definition) is 2. The largest absolute Gasteiger partial charge is 0.343 e. The average Bonchev–Trinajstić information content (AvgIpc) is 2.94. The predicted octanol–water partition coefficient (Wildman–Crippen LogP) is 4.22. The molecule has 0 atom stereocenters. The second-order valence-electron chi connectivity index (χ2n) is 6.24. The molecule has 0 amide bonds. The van der Waals surface area contributed by atoms with Crippen molar-refractivity contribution in [2.24, 2.45) is 10.9 Å². The number of aryl methyl sites for hydroxylation is 2. The molecule has 0 fully saturated rings. The normalized spacial score (nSPS) is 11.7. The summed E-state index contributed by atoms with van der Waals surface area (Å²) in [5.74, 6) is 5.32. The fourth-order valence-corrected chi connectivity index (χ4v) is 3.28. The summed E-state index contributed by atoms with van der Waals surface area (Å²) < 4.78 is 2.30. The third-order valence-electron chi connectivity index (χ3n) is 4.91. The molecule has 0 aliphatic carbocycles. The van der Waals surface area contributed by atoms with Gasteiger partial charge in [0.2, 0.25) is 0 Å². The van der Waals surface area contributed by atoms with Crippen molar-refractivity contribution in [2.75, 3.05) is 0 Å². The summed E-state index contributed by atoms with van der Waals surface area (Å²) in [5, 5.41) is 4.85. The van der Waals surface area contributed by atoms with E-state index in [1.54, 1.807) is 6.21 Å². The Morgan fingerprint density at radius 3 is 2.39 bits per heavy atom. The Balaban J connectivity index is 2.12. The van der Waals surface area contributed by atoms with Crippen LogP contribution in [-0.2, 0) is 6.54 Å². The molecule has 118 valence electrons. The van der Waals surface area contributed by atoms with Gasteiger partial charge in [-0.25, -0.2) is 0 Å². The second kappa shape index (κ2) is 5.92. The Hall–Kier alpha value is -2.55. The Bertz CT molecular complexity index is 875. The average molecular weight is 305 g/mol. The van der Waals surface area contributed by atoms with E-state index in [0.29, 0.717) is 0 Å². The van der Waals surface area contributed by atoms with E-state index in [1.807, 2.05) is 6.07 Å². The highest BCUT2D eigenvalue weighted by molar-refractivity contribution is 5.98. The van der Waals surface area contributed by atoms with Crippen LogP contribution in [0.25, 0.3) is 10.9 Å².